The topological polar surface area (TPSA) is 103 Å². The van der Waals surface area contributed by atoms with Gasteiger partial charge >= 0.3 is 0 Å². The molecule has 218 valence electrons. The standard InChI is InChI=1S/C34H39N5O3/c1-33(13-16-35-17-14-33)32(42)39(28-10-4-7-22-6-2-3-8-26(22)28)21-29(40)37-25-12-11-23-19-34(20-24(23)18-25)27-9-5-15-36-30(27)38-31(34)41/h2-3,5-6,8-9,11-12,18,28,35-36H,4,7,10,13-17,19-21H2,1H3,(H,37,40)(H,38,41)/t28-,34?/m1/s1. The number of anilines is 1. The van der Waals surface area contributed by atoms with Gasteiger partial charge in [0, 0.05) is 23.2 Å². The predicted octanol–water partition coefficient (Wildman–Crippen LogP) is 3.51. The highest BCUT2D eigenvalue weighted by Crippen LogP contribution is 2.48. The van der Waals surface area contributed by atoms with Crippen LogP contribution >= 0.6 is 0 Å². The van der Waals surface area contributed by atoms with Gasteiger partial charge in [0.1, 0.15) is 12.4 Å². The first-order valence-corrected chi connectivity index (χ1v) is 15.3. The van der Waals surface area contributed by atoms with E-state index >= 15 is 0 Å². The highest BCUT2D eigenvalue weighted by molar-refractivity contribution is 5.96. The van der Waals surface area contributed by atoms with Gasteiger partial charge in [-0.1, -0.05) is 49.4 Å². The Morgan fingerprint density at radius 1 is 1.05 bits per heavy atom. The lowest BCUT2D eigenvalue weighted by Crippen LogP contribution is -2.51. The number of aryl methyl sites for hydroxylation is 1. The Morgan fingerprint density at radius 3 is 2.71 bits per heavy atom. The number of amides is 3. The number of fused-ring (bicyclic) bond motifs is 3. The van der Waals surface area contributed by atoms with E-state index in [1.54, 1.807) is 0 Å². The summed E-state index contributed by atoms with van der Waals surface area (Å²) in [6.45, 7) is 4.39. The van der Waals surface area contributed by atoms with Crippen molar-refractivity contribution < 1.29 is 14.4 Å². The van der Waals surface area contributed by atoms with Crippen molar-refractivity contribution in [2.45, 2.75) is 57.9 Å². The maximum absolute atomic E-state index is 14.2. The lowest BCUT2D eigenvalue weighted by Gasteiger charge is -2.42. The lowest BCUT2D eigenvalue weighted by molar-refractivity contribution is -0.148. The molecule has 5 aliphatic rings. The largest absolute Gasteiger partial charge is 0.368 e. The van der Waals surface area contributed by atoms with Crippen molar-refractivity contribution >= 4 is 23.4 Å². The van der Waals surface area contributed by atoms with Gasteiger partial charge in [0.2, 0.25) is 17.7 Å². The van der Waals surface area contributed by atoms with E-state index in [0.717, 1.165) is 67.7 Å². The van der Waals surface area contributed by atoms with Crippen molar-refractivity contribution in [2.24, 2.45) is 10.8 Å². The molecule has 3 amide bonds. The molecule has 2 atom stereocenters. The number of carbonyl (C=O) groups excluding carboxylic acids is 3. The molecule has 1 unspecified atom stereocenters. The van der Waals surface area contributed by atoms with E-state index in [-0.39, 0.29) is 30.3 Å². The molecule has 2 aliphatic carbocycles. The molecule has 3 aliphatic heterocycles. The van der Waals surface area contributed by atoms with Gasteiger partial charge in [0.15, 0.2) is 0 Å². The van der Waals surface area contributed by atoms with Gasteiger partial charge in [-0.25, -0.2) is 0 Å². The Labute approximate surface area is 247 Å². The monoisotopic (exact) mass is 565 g/mol. The summed E-state index contributed by atoms with van der Waals surface area (Å²) in [5.41, 5.74) is 5.27. The first kappa shape index (κ1) is 27.0. The number of piperidine rings is 1. The minimum absolute atomic E-state index is 0.0109. The predicted molar refractivity (Wildman–Crippen MR) is 161 cm³/mol. The van der Waals surface area contributed by atoms with Gasteiger partial charge in [0.25, 0.3) is 0 Å². The fraction of sp³-hybridized carbons (Fsp3) is 0.441. The van der Waals surface area contributed by atoms with Gasteiger partial charge in [-0.3, -0.25) is 14.4 Å². The van der Waals surface area contributed by atoms with Crippen LogP contribution in [0.15, 0.2) is 66.0 Å². The normalized spacial score (nSPS) is 25.3. The van der Waals surface area contributed by atoms with E-state index in [1.807, 2.05) is 29.2 Å². The summed E-state index contributed by atoms with van der Waals surface area (Å²) < 4.78 is 0. The molecule has 2 aromatic carbocycles. The number of benzene rings is 2. The fourth-order valence-corrected chi connectivity index (χ4v) is 7.76. The fourth-order valence-electron chi connectivity index (χ4n) is 7.76. The molecule has 0 bridgehead atoms. The zero-order valence-electron chi connectivity index (χ0n) is 24.2. The molecular weight excluding hydrogens is 526 g/mol. The van der Waals surface area contributed by atoms with Crippen LogP contribution in [0.25, 0.3) is 0 Å². The van der Waals surface area contributed by atoms with E-state index in [0.29, 0.717) is 25.1 Å². The van der Waals surface area contributed by atoms with Gasteiger partial charge in [-0.05, 0) is 92.4 Å². The van der Waals surface area contributed by atoms with E-state index in [1.165, 1.54) is 11.1 Å². The Bertz CT molecular complexity index is 1520. The van der Waals surface area contributed by atoms with Crippen LogP contribution in [0.3, 0.4) is 0 Å². The quantitative estimate of drug-likeness (QED) is 0.445. The first-order chi connectivity index (χ1) is 20.4. The van der Waals surface area contributed by atoms with E-state index in [9.17, 15) is 14.4 Å². The van der Waals surface area contributed by atoms with Crippen molar-refractivity contribution in [3.8, 4) is 0 Å². The minimum atomic E-state index is -0.605. The molecule has 2 aromatic rings. The third kappa shape index (κ3) is 4.53. The summed E-state index contributed by atoms with van der Waals surface area (Å²) in [4.78, 5) is 42.9. The van der Waals surface area contributed by atoms with Crippen molar-refractivity contribution in [3.05, 3.63) is 88.3 Å². The van der Waals surface area contributed by atoms with Crippen molar-refractivity contribution in [1.29, 1.82) is 0 Å². The maximum Gasteiger partial charge on any atom is 0.244 e. The highest BCUT2D eigenvalue weighted by Gasteiger charge is 2.51. The molecule has 0 radical (unpaired) electrons. The summed E-state index contributed by atoms with van der Waals surface area (Å²) in [5, 5.41) is 12.8. The summed E-state index contributed by atoms with van der Waals surface area (Å²) in [7, 11) is 0. The number of hydrogen-bond donors (Lipinski definition) is 4. The Hall–Kier alpha value is -3.91. The van der Waals surface area contributed by atoms with E-state index < -0.39 is 10.8 Å². The van der Waals surface area contributed by atoms with E-state index in [2.05, 4.69) is 58.5 Å². The molecule has 4 N–H and O–H groups in total. The molecular formula is C34H39N5O3. The summed E-state index contributed by atoms with van der Waals surface area (Å²) in [6.07, 6.45) is 9.74. The Morgan fingerprint density at radius 2 is 1.86 bits per heavy atom. The summed E-state index contributed by atoms with van der Waals surface area (Å²) in [6, 6.07) is 14.2. The molecule has 0 aromatic heterocycles. The second kappa shape index (κ2) is 10.4. The van der Waals surface area contributed by atoms with Gasteiger partial charge in [-0.2, -0.15) is 0 Å². The van der Waals surface area contributed by atoms with E-state index in [4.69, 9.17) is 0 Å². The number of allylic oxidation sites excluding steroid dienone is 1. The average molecular weight is 566 g/mol. The number of rotatable bonds is 5. The molecule has 8 nitrogen and oxygen atoms in total. The summed E-state index contributed by atoms with van der Waals surface area (Å²) >= 11 is 0. The molecule has 1 spiro atoms. The first-order valence-electron chi connectivity index (χ1n) is 15.3. The van der Waals surface area contributed by atoms with Crippen LogP contribution in [0, 0.1) is 10.8 Å². The van der Waals surface area contributed by atoms with Crippen molar-refractivity contribution in [3.63, 3.8) is 0 Å². The number of nitrogens with zero attached hydrogens (tertiary/aromatic N) is 1. The zero-order valence-corrected chi connectivity index (χ0v) is 24.2. The molecule has 8 heteroatoms. The van der Waals surface area contributed by atoms with Crippen LogP contribution in [0.2, 0.25) is 0 Å². The van der Waals surface area contributed by atoms with Gasteiger partial charge in [-0.15, -0.1) is 0 Å². The minimum Gasteiger partial charge on any atom is -0.368 e. The van der Waals surface area contributed by atoms with Crippen LogP contribution in [-0.4, -0.2) is 48.8 Å². The third-order valence-electron chi connectivity index (χ3n) is 10.1. The van der Waals surface area contributed by atoms with Gasteiger partial charge < -0.3 is 26.2 Å². The number of hydrogen-bond acceptors (Lipinski definition) is 5. The van der Waals surface area contributed by atoms with Crippen LogP contribution in [-0.2, 0) is 33.6 Å². The van der Waals surface area contributed by atoms with Crippen molar-refractivity contribution in [2.75, 3.05) is 31.5 Å². The second-order valence-corrected chi connectivity index (χ2v) is 12.8. The Balaban J connectivity index is 1.12. The average Bonchev–Trinajstić information content (AvgIpc) is 3.52. The second-order valence-electron chi connectivity index (χ2n) is 12.8. The molecule has 7 rings (SSSR count). The zero-order chi connectivity index (χ0) is 28.9. The lowest BCUT2D eigenvalue weighted by atomic mass is 9.78. The SMILES string of the molecule is CC1(C(=O)N(CC(=O)Nc2ccc3c(c2)CC2(C3)C(=O)NC3=C2C=CCN3)[C@@H]2CCCc3ccccc32)CCNCC1. The Kier molecular flexibility index (Phi) is 6.69. The highest BCUT2D eigenvalue weighted by atomic mass is 16.2. The number of dihydropyridines is 1. The van der Waals surface area contributed by atoms with Crippen LogP contribution < -0.4 is 21.3 Å². The molecule has 3 heterocycles. The molecule has 1 saturated heterocycles. The summed E-state index contributed by atoms with van der Waals surface area (Å²) in [5.74, 6) is 0.726. The molecule has 1 fully saturated rings. The third-order valence-corrected chi connectivity index (χ3v) is 10.1. The number of carbonyl (C=O) groups is 3. The number of nitrogens with one attached hydrogen (secondary N) is 4. The van der Waals surface area contributed by atoms with Crippen molar-refractivity contribution in [1.82, 2.24) is 20.9 Å². The van der Waals surface area contributed by atoms with Gasteiger partial charge in [0.05, 0.1) is 11.5 Å². The smallest absolute Gasteiger partial charge is 0.244 e. The maximum atomic E-state index is 14.2. The van der Waals surface area contributed by atoms with Crippen LogP contribution in [0.5, 0.6) is 0 Å². The molecule has 42 heavy (non-hydrogen) atoms. The van der Waals surface area contributed by atoms with Crippen LogP contribution in [0.4, 0.5) is 5.69 Å². The van der Waals surface area contributed by atoms with Crippen LogP contribution in [0.1, 0.15) is 60.9 Å². The molecule has 0 saturated carbocycles.